The smallest absolute Gasteiger partial charge is 0.303 e. The lowest BCUT2D eigenvalue weighted by molar-refractivity contribution is 0.0932. The second kappa shape index (κ2) is 12.2. The van der Waals surface area contributed by atoms with Crippen LogP contribution in [0.15, 0.2) is 72.8 Å². The highest BCUT2D eigenvalue weighted by molar-refractivity contribution is 7.90. The zero-order valence-corrected chi connectivity index (χ0v) is 22.6. The van der Waals surface area contributed by atoms with E-state index in [2.05, 4.69) is 19.2 Å². The SMILES string of the molecule is COc1ccc(C(CC(C)C)NC(=O)c2ccc(CN(c3ccccc3F)S(=O)(=O)N(C)C)cc2)cc1. The van der Waals surface area contributed by atoms with E-state index in [0.29, 0.717) is 17.0 Å². The van der Waals surface area contributed by atoms with Gasteiger partial charge in [0, 0.05) is 19.7 Å². The second-order valence-corrected chi connectivity index (χ2v) is 11.4. The molecule has 1 unspecified atom stereocenters. The first-order valence-electron chi connectivity index (χ1n) is 12.0. The van der Waals surface area contributed by atoms with Crippen LogP contribution >= 0.6 is 0 Å². The summed E-state index contributed by atoms with van der Waals surface area (Å²) >= 11 is 0. The van der Waals surface area contributed by atoms with E-state index in [0.717, 1.165) is 26.3 Å². The fourth-order valence-electron chi connectivity index (χ4n) is 3.90. The van der Waals surface area contributed by atoms with Crippen molar-refractivity contribution in [3.63, 3.8) is 0 Å². The van der Waals surface area contributed by atoms with Crippen molar-refractivity contribution in [1.29, 1.82) is 0 Å². The minimum Gasteiger partial charge on any atom is -0.497 e. The van der Waals surface area contributed by atoms with Gasteiger partial charge in [-0.25, -0.2) is 4.39 Å². The second-order valence-electron chi connectivity index (χ2n) is 9.37. The minimum absolute atomic E-state index is 0.0472. The molecule has 0 aliphatic heterocycles. The van der Waals surface area contributed by atoms with Crippen molar-refractivity contribution in [1.82, 2.24) is 9.62 Å². The number of hydrogen-bond donors (Lipinski definition) is 1. The number of nitrogens with one attached hydrogen (secondary N) is 1. The van der Waals surface area contributed by atoms with E-state index in [9.17, 15) is 17.6 Å². The number of amides is 1. The van der Waals surface area contributed by atoms with Crippen LogP contribution in [-0.4, -0.2) is 39.8 Å². The zero-order chi connectivity index (χ0) is 27.2. The first-order valence-corrected chi connectivity index (χ1v) is 13.4. The van der Waals surface area contributed by atoms with Crippen molar-refractivity contribution >= 4 is 21.8 Å². The lowest BCUT2D eigenvalue weighted by Crippen LogP contribution is -2.40. The molecule has 0 bridgehead atoms. The summed E-state index contributed by atoms with van der Waals surface area (Å²) in [6, 6.07) is 19.8. The summed E-state index contributed by atoms with van der Waals surface area (Å²) in [5.74, 6) is 0.228. The fraction of sp³-hybridized carbons (Fsp3) is 0.321. The number of halogens is 1. The van der Waals surface area contributed by atoms with E-state index < -0.39 is 16.0 Å². The number of benzene rings is 3. The number of anilines is 1. The maximum atomic E-state index is 14.5. The molecular formula is C28H34FN3O4S. The normalized spacial score (nSPS) is 12.4. The van der Waals surface area contributed by atoms with Crippen molar-refractivity contribution in [3.05, 3.63) is 95.3 Å². The number of ether oxygens (including phenoxy) is 1. The molecule has 0 radical (unpaired) electrons. The number of hydrogen-bond acceptors (Lipinski definition) is 4. The highest BCUT2D eigenvalue weighted by atomic mass is 32.2. The number of nitrogens with zero attached hydrogens (tertiary/aromatic N) is 2. The Hall–Kier alpha value is -3.43. The van der Waals surface area contributed by atoms with Crippen LogP contribution in [0.5, 0.6) is 5.75 Å². The Balaban J connectivity index is 1.81. The third kappa shape index (κ3) is 7.08. The van der Waals surface area contributed by atoms with Gasteiger partial charge in [-0.05, 0) is 59.9 Å². The van der Waals surface area contributed by atoms with Crippen molar-refractivity contribution in [2.45, 2.75) is 32.9 Å². The molecule has 1 N–H and O–H groups in total. The highest BCUT2D eigenvalue weighted by Gasteiger charge is 2.27. The Morgan fingerprint density at radius 1 is 0.973 bits per heavy atom. The van der Waals surface area contributed by atoms with Crippen LogP contribution in [0.1, 0.15) is 47.8 Å². The molecule has 0 aromatic heterocycles. The molecule has 0 fully saturated rings. The molecule has 1 atom stereocenters. The monoisotopic (exact) mass is 527 g/mol. The Morgan fingerprint density at radius 2 is 1.59 bits per heavy atom. The van der Waals surface area contributed by atoms with Gasteiger partial charge in [0.2, 0.25) is 0 Å². The van der Waals surface area contributed by atoms with Gasteiger partial charge in [-0.1, -0.05) is 50.2 Å². The van der Waals surface area contributed by atoms with E-state index >= 15 is 0 Å². The van der Waals surface area contributed by atoms with Gasteiger partial charge in [0.25, 0.3) is 5.91 Å². The van der Waals surface area contributed by atoms with Crippen molar-refractivity contribution in [3.8, 4) is 5.75 Å². The largest absolute Gasteiger partial charge is 0.497 e. The van der Waals surface area contributed by atoms with Crippen molar-refractivity contribution < 1.29 is 22.3 Å². The number of methoxy groups -OCH3 is 1. The molecule has 0 aliphatic carbocycles. The summed E-state index contributed by atoms with van der Waals surface area (Å²) in [4.78, 5) is 13.1. The van der Waals surface area contributed by atoms with Crippen LogP contribution in [0.25, 0.3) is 0 Å². The molecule has 37 heavy (non-hydrogen) atoms. The fourth-order valence-corrected chi connectivity index (χ4v) is 5.00. The molecule has 0 saturated carbocycles. The molecule has 1 amide bonds. The van der Waals surface area contributed by atoms with E-state index in [-0.39, 0.29) is 24.2 Å². The molecule has 198 valence electrons. The Morgan fingerprint density at radius 3 is 2.14 bits per heavy atom. The van der Waals surface area contributed by atoms with Gasteiger partial charge in [-0.3, -0.25) is 9.10 Å². The van der Waals surface area contributed by atoms with Crippen LogP contribution in [0, 0.1) is 11.7 Å². The summed E-state index contributed by atoms with van der Waals surface area (Å²) in [7, 11) is 0.436. The van der Waals surface area contributed by atoms with Crippen LogP contribution in [-0.2, 0) is 16.8 Å². The van der Waals surface area contributed by atoms with Gasteiger partial charge in [0.15, 0.2) is 0 Å². The molecule has 3 aromatic carbocycles. The van der Waals surface area contributed by atoms with Gasteiger partial charge >= 0.3 is 10.2 Å². The van der Waals surface area contributed by atoms with Crippen LogP contribution in [0.2, 0.25) is 0 Å². The molecule has 7 nitrogen and oxygen atoms in total. The van der Waals surface area contributed by atoms with E-state index in [1.54, 1.807) is 37.4 Å². The molecule has 3 rings (SSSR count). The average Bonchev–Trinajstić information content (AvgIpc) is 2.87. The van der Waals surface area contributed by atoms with Crippen LogP contribution < -0.4 is 14.4 Å². The lowest BCUT2D eigenvalue weighted by Gasteiger charge is -2.28. The number of carbonyl (C=O) groups is 1. The first-order chi connectivity index (χ1) is 17.5. The van der Waals surface area contributed by atoms with Gasteiger partial charge in [0.1, 0.15) is 11.6 Å². The molecule has 3 aromatic rings. The molecule has 0 heterocycles. The lowest BCUT2D eigenvalue weighted by atomic mass is 9.96. The first kappa shape index (κ1) is 28.1. The van der Waals surface area contributed by atoms with Gasteiger partial charge < -0.3 is 10.1 Å². The summed E-state index contributed by atoms with van der Waals surface area (Å²) in [5.41, 5.74) is 1.99. The summed E-state index contributed by atoms with van der Waals surface area (Å²) in [6.07, 6.45) is 0.760. The molecular weight excluding hydrogens is 493 g/mol. The third-order valence-electron chi connectivity index (χ3n) is 5.93. The van der Waals surface area contributed by atoms with Crippen LogP contribution in [0.4, 0.5) is 10.1 Å². The zero-order valence-electron chi connectivity index (χ0n) is 21.8. The van der Waals surface area contributed by atoms with Crippen molar-refractivity contribution in [2.75, 3.05) is 25.5 Å². The van der Waals surface area contributed by atoms with E-state index in [1.165, 1.54) is 32.3 Å². The predicted octanol–water partition coefficient (Wildman–Crippen LogP) is 5.16. The quantitative estimate of drug-likeness (QED) is 0.373. The molecule has 0 aliphatic rings. The molecule has 0 saturated heterocycles. The minimum atomic E-state index is -3.96. The topological polar surface area (TPSA) is 79.0 Å². The predicted molar refractivity (Wildman–Crippen MR) is 144 cm³/mol. The van der Waals surface area contributed by atoms with E-state index in [1.807, 2.05) is 24.3 Å². The number of rotatable bonds is 11. The Bertz CT molecular complexity index is 1290. The maximum Gasteiger partial charge on any atom is 0.303 e. The van der Waals surface area contributed by atoms with Crippen molar-refractivity contribution in [2.24, 2.45) is 5.92 Å². The van der Waals surface area contributed by atoms with Gasteiger partial charge in [0.05, 0.1) is 25.4 Å². The molecule has 9 heteroatoms. The Labute approximate surface area is 219 Å². The average molecular weight is 528 g/mol. The van der Waals surface area contributed by atoms with E-state index in [4.69, 9.17) is 4.74 Å². The van der Waals surface area contributed by atoms with Crippen LogP contribution in [0.3, 0.4) is 0 Å². The highest BCUT2D eigenvalue weighted by Crippen LogP contribution is 2.26. The molecule has 0 spiro atoms. The number of carbonyl (C=O) groups excluding carboxylic acids is 1. The third-order valence-corrected chi connectivity index (χ3v) is 7.74. The van der Waals surface area contributed by atoms with Gasteiger partial charge in [-0.15, -0.1) is 0 Å². The summed E-state index contributed by atoms with van der Waals surface area (Å²) in [6.45, 7) is 4.10. The number of para-hydroxylation sites is 1. The Kier molecular flexibility index (Phi) is 9.29. The summed E-state index contributed by atoms with van der Waals surface area (Å²) < 4.78 is 47.7. The van der Waals surface area contributed by atoms with Gasteiger partial charge in [-0.2, -0.15) is 12.7 Å². The maximum absolute atomic E-state index is 14.5. The summed E-state index contributed by atoms with van der Waals surface area (Å²) in [5, 5.41) is 3.11. The standard InChI is InChI=1S/C28H34FN3O4S/c1-20(2)18-26(22-14-16-24(36-5)17-15-22)30-28(33)23-12-10-21(11-13-23)19-32(37(34,35)31(3)4)27-9-7-6-8-25(27)29/h6-17,20,26H,18-19H2,1-5H3,(H,30,33).